The van der Waals surface area contributed by atoms with Crippen molar-refractivity contribution in [3.63, 3.8) is 0 Å². The average molecular weight is 264 g/mol. The van der Waals surface area contributed by atoms with Crippen LogP contribution in [0.5, 0.6) is 5.75 Å². The van der Waals surface area contributed by atoms with Crippen LogP contribution in [0, 0.1) is 0 Å². The number of rotatable bonds is 7. The molecule has 1 rings (SSSR count). The van der Waals surface area contributed by atoms with E-state index < -0.39 is 0 Å². The third-order valence-electron chi connectivity index (χ3n) is 3.09. The summed E-state index contributed by atoms with van der Waals surface area (Å²) < 4.78 is 5.40. The van der Waals surface area contributed by atoms with Crippen LogP contribution < -0.4 is 15.8 Å². The zero-order chi connectivity index (χ0) is 14.5. The average Bonchev–Trinajstić information content (AvgIpc) is 2.33. The van der Waals surface area contributed by atoms with Gasteiger partial charge in [-0.2, -0.15) is 0 Å². The van der Waals surface area contributed by atoms with Crippen LogP contribution in [-0.4, -0.2) is 25.7 Å². The molecule has 108 valence electrons. The first kappa shape index (κ1) is 16.0. The molecular formula is C16H28N2O. The number of methoxy groups -OCH3 is 1. The van der Waals surface area contributed by atoms with Crippen molar-refractivity contribution in [2.24, 2.45) is 5.73 Å². The van der Waals surface area contributed by atoms with Gasteiger partial charge in [-0.1, -0.05) is 26.0 Å². The molecule has 0 heterocycles. The SMILES string of the molecule is COc1ccc(CCNCC(C)(C)N)cc1C(C)C. The van der Waals surface area contributed by atoms with Gasteiger partial charge in [0.05, 0.1) is 7.11 Å². The van der Waals surface area contributed by atoms with Crippen molar-refractivity contribution in [2.75, 3.05) is 20.2 Å². The first-order valence-electron chi connectivity index (χ1n) is 7.00. The van der Waals surface area contributed by atoms with Crippen LogP contribution in [0.4, 0.5) is 0 Å². The maximum atomic E-state index is 5.94. The topological polar surface area (TPSA) is 47.3 Å². The van der Waals surface area contributed by atoms with Crippen LogP contribution in [0.3, 0.4) is 0 Å². The highest BCUT2D eigenvalue weighted by atomic mass is 16.5. The maximum Gasteiger partial charge on any atom is 0.122 e. The number of nitrogens with one attached hydrogen (secondary N) is 1. The van der Waals surface area contributed by atoms with E-state index in [1.54, 1.807) is 7.11 Å². The van der Waals surface area contributed by atoms with E-state index in [-0.39, 0.29) is 5.54 Å². The molecule has 0 atom stereocenters. The molecule has 3 N–H and O–H groups in total. The summed E-state index contributed by atoms with van der Waals surface area (Å²) in [6.07, 6.45) is 1.01. The second kappa shape index (κ2) is 6.92. The van der Waals surface area contributed by atoms with Gasteiger partial charge >= 0.3 is 0 Å². The fourth-order valence-corrected chi connectivity index (χ4v) is 2.03. The van der Waals surface area contributed by atoms with E-state index in [1.165, 1.54) is 11.1 Å². The highest BCUT2D eigenvalue weighted by molar-refractivity contribution is 5.39. The van der Waals surface area contributed by atoms with Crippen molar-refractivity contribution < 1.29 is 4.74 Å². The van der Waals surface area contributed by atoms with Crippen molar-refractivity contribution in [3.8, 4) is 5.75 Å². The monoisotopic (exact) mass is 264 g/mol. The first-order valence-corrected chi connectivity index (χ1v) is 7.00. The zero-order valence-corrected chi connectivity index (χ0v) is 12.9. The predicted molar refractivity (Wildman–Crippen MR) is 81.9 cm³/mol. The van der Waals surface area contributed by atoms with Crippen LogP contribution >= 0.6 is 0 Å². The molecule has 0 spiro atoms. The molecule has 0 aliphatic heterocycles. The van der Waals surface area contributed by atoms with E-state index in [4.69, 9.17) is 10.5 Å². The molecule has 0 unspecified atom stereocenters. The minimum Gasteiger partial charge on any atom is -0.496 e. The van der Waals surface area contributed by atoms with Crippen LogP contribution in [0.15, 0.2) is 18.2 Å². The first-order chi connectivity index (χ1) is 8.83. The molecule has 0 radical (unpaired) electrons. The molecule has 3 nitrogen and oxygen atoms in total. The third kappa shape index (κ3) is 5.62. The second-order valence-electron chi connectivity index (χ2n) is 6.15. The standard InChI is InChI=1S/C16H28N2O/c1-12(2)14-10-13(6-7-15(14)19-5)8-9-18-11-16(3,4)17/h6-7,10,12,18H,8-9,11,17H2,1-5H3. The Balaban J connectivity index is 2.57. The Morgan fingerprint density at radius 3 is 2.53 bits per heavy atom. The fraction of sp³-hybridized carbons (Fsp3) is 0.625. The van der Waals surface area contributed by atoms with Gasteiger partial charge < -0.3 is 15.8 Å². The number of hydrogen-bond donors (Lipinski definition) is 2. The minimum absolute atomic E-state index is 0.150. The van der Waals surface area contributed by atoms with Crippen LogP contribution in [0.2, 0.25) is 0 Å². The molecule has 0 amide bonds. The Morgan fingerprint density at radius 2 is 2.00 bits per heavy atom. The zero-order valence-electron chi connectivity index (χ0n) is 12.9. The molecule has 0 bridgehead atoms. The summed E-state index contributed by atoms with van der Waals surface area (Å²) in [5.41, 5.74) is 8.40. The van der Waals surface area contributed by atoms with Crippen LogP contribution in [0.25, 0.3) is 0 Å². The van der Waals surface area contributed by atoms with Crippen LogP contribution in [-0.2, 0) is 6.42 Å². The summed E-state index contributed by atoms with van der Waals surface area (Å²) in [4.78, 5) is 0. The summed E-state index contributed by atoms with van der Waals surface area (Å²) in [5.74, 6) is 1.46. The largest absolute Gasteiger partial charge is 0.496 e. The van der Waals surface area contributed by atoms with Crippen molar-refractivity contribution >= 4 is 0 Å². The smallest absolute Gasteiger partial charge is 0.122 e. The van der Waals surface area contributed by atoms with Gasteiger partial charge in [-0.05, 0) is 49.9 Å². The fourth-order valence-electron chi connectivity index (χ4n) is 2.03. The van der Waals surface area contributed by atoms with Gasteiger partial charge in [0.25, 0.3) is 0 Å². The molecular weight excluding hydrogens is 236 g/mol. The van der Waals surface area contributed by atoms with E-state index in [9.17, 15) is 0 Å². The number of nitrogens with two attached hydrogens (primary N) is 1. The van der Waals surface area contributed by atoms with E-state index in [0.717, 1.165) is 25.3 Å². The maximum absolute atomic E-state index is 5.94. The van der Waals surface area contributed by atoms with E-state index in [1.807, 2.05) is 13.8 Å². The molecule has 0 aromatic heterocycles. The van der Waals surface area contributed by atoms with E-state index in [0.29, 0.717) is 5.92 Å². The summed E-state index contributed by atoms with van der Waals surface area (Å²) in [5, 5.41) is 3.39. The van der Waals surface area contributed by atoms with Gasteiger partial charge in [0, 0.05) is 12.1 Å². The third-order valence-corrected chi connectivity index (χ3v) is 3.09. The highest BCUT2D eigenvalue weighted by Crippen LogP contribution is 2.27. The number of benzene rings is 1. The Kier molecular flexibility index (Phi) is 5.83. The molecule has 0 saturated heterocycles. The van der Waals surface area contributed by atoms with Crippen LogP contribution in [0.1, 0.15) is 44.7 Å². The van der Waals surface area contributed by atoms with Gasteiger partial charge in [0.2, 0.25) is 0 Å². The Hall–Kier alpha value is -1.06. The molecule has 0 aliphatic carbocycles. The van der Waals surface area contributed by atoms with Gasteiger partial charge in [0.1, 0.15) is 5.75 Å². The van der Waals surface area contributed by atoms with Gasteiger partial charge in [-0.25, -0.2) is 0 Å². The quantitative estimate of drug-likeness (QED) is 0.744. The van der Waals surface area contributed by atoms with Crippen molar-refractivity contribution in [2.45, 2.75) is 45.6 Å². The lowest BCUT2D eigenvalue weighted by molar-refractivity contribution is 0.407. The summed E-state index contributed by atoms with van der Waals surface area (Å²) in [6.45, 7) is 10.2. The molecule has 3 heteroatoms. The molecule has 0 aliphatic rings. The number of hydrogen-bond acceptors (Lipinski definition) is 3. The Bertz CT molecular complexity index is 394. The Morgan fingerprint density at radius 1 is 1.32 bits per heavy atom. The van der Waals surface area contributed by atoms with Gasteiger partial charge in [-0.15, -0.1) is 0 Å². The molecule has 1 aromatic rings. The summed E-state index contributed by atoms with van der Waals surface area (Å²) >= 11 is 0. The predicted octanol–water partition coefficient (Wildman–Crippen LogP) is 2.69. The minimum atomic E-state index is -0.150. The molecule has 0 fully saturated rings. The summed E-state index contributed by atoms with van der Waals surface area (Å²) in [6, 6.07) is 6.45. The summed E-state index contributed by atoms with van der Waals surface area (Å²) in [7, 11) is 1.73. The highest BCUT2D eigenvalue weighted by Gasteiger charge is 2.10. The van der Waals surface area contributed by atoms with E-state index >= 15 is 0 Å². The molecule has 19 heavy (non-hydrogen) atoms. The molecule has 1 aromatic carbocycles. The van der Waals surface area contributed by atoms with Gasteiger partial charge in [-0.3, -0.25) is 0 Å². The van der Waals surface area contributed by atoms with Gasteiger partial charge in [0.15, 0.2) is 0 Å². The lowest BCUT2D eigenvalue weighted by atomic mass is 9.98. The van der Waals surface area contributed by atoms with Crippen molar-refractivity contribution in [1.82, 2.24) is 5.32 Å². The lowest BCUT2D eigenvalue weighted by Gasteiger charge is -2.19. The van der Waals surface area contributed by atoms with Crippen molar-refractivity contribution in [1.29, 1.82) is 0 Å². The van der Waals surface area contributed by atoms with Crippen molar-refractivity contribution in [3.05, 3.63) is 29.3 Å². The molecule has 0 saturated carbocycles. The van der Waals surface area contributed by atoms with E-state index in [2.05, 4.69) is 37.4 Å². The normalized spacial score (nSPS) is 11.9. The lowest BCUT2D eigenvalue weighted by Crippen LogP contribution is -2.43. The Labute approximate surface area is 117 Å². The second-order valence-corrected chi connectivity index (χ2v) is 6.15. The number of ether oxygens (including phenoxy) is 1.